The second kappa shape index (κ2) is 9.50. The normalized spacial score (nSPS) is 11.4. The van der Waals surface area contributed by atoms with E-state index in [-0.39, 0.29) is 6.10 Å². The number of pyridine rings is 2. The van der Waals surface area contributed by atoms with Crippen molar-refractivity contribution in [3.63, 3.8) is 0 Å². The molecule has 0 aliphatic rings. The number of aliphatic imine (C=N–C) groups is 1. The standard InChI is InChI=1S/C18H25N5O/c1-4-19-18(23-13-16-7-5-6-10-20-16)22-12-15-8-9-17(21-11-15)24-14(2)3/h5-11,14H,4,12-13H2,1-3H3,(H2,19,22,23). The zero-order valence-electron chi connectivity index (χ0n) is 14.5. The summed E-state index contributed by atoms with van der Waals surface area (Å²) in [7, 11) is 0. The van der Waals surface area contributed by atoms with E-state index >= 15 is 0 Å². The lowest BCUT2D eigenvalue weighted by Gasteiger charge is -2.11. The van der Waals surface area contributed by atoms with E-state index in [2.05, 4.69) is 25.6 Å². The monoisotopic (exact) mass is 327 g/mol. The van der Waals surface area contributed by atoms with Crippen molar-refractivity contribution in [1.29, 1.82) is 0 Å². The van der Waals surface area contributed by atoms with E-state index < -0.39 is 0 Å². The Labute approximate surface area is 143 Å². The molecule has 6 heteroatoms. The van der Waals surface area contributed by atoms with Gasteiger partial charge in [0.1, 0.15) is 0 Å². The van der Waals surface area contributed by atoms with Crippen molar-refractivity contribution in [2.45, 2.75) is 40.0 Å². The predicted molar refractivity (Wildman–Crippen MR) is 95.9 cm³/mol. The number of ether oxygens (including phenoxy) is 1. The van der Waals surface area contributed by atoms with Crippen molar-refractivity contribution in [3.8, 4) is 5.88 Å². The fraction of sp³-hybridized carbons (Fsp3) is 0.389. The average Bonchev–Trinajstić information content (AvgIpc) is 2.59. The molecule has 0 saturated carbocycles. The van der Waals surface area contributed by atoms with Crippen LogP contribution in [0.2, 0.25) is 0 Å². The van der Waals surface area contributed by atoms with Gasteiger partial charge < -0.3 is 15.4 Å². The van der Waals surface area contributed by atoms with E-state index in [0.29, 0.717) is 19.0 Å². The third kappa shape index (κ3) is 6.24. The van der Waals surface area contributed by atoms with Gasteiger partial charge in [-0.05, 0) is 38.5 Å². The van der Waals surface area contributed by atoms with Crippen LogP contribution in [0.3, 0.4) is 0 Å². The minimum Gasteiger partial charge on any atom is -0.475 e. The maximum atomic E-state index is 5.54. The number of nitrogens with zero attached hydrogens (tertiary/aromatic N) is 3. The second-order valence-corrected chi connectivity index (χ2v) is 5.54. The SMILES string of the molecule is CCNC(=NCc1ccc(OC(C)C)nc1)NCc1ccccn1. The minimum atomic E-state index is 0.123. The number of aromatic nitrogens is 2. The third-order valence-electron chi connectivity index (χ3n) is 3.08. The van der Waals surface area contributed by atoms with Crippen molar-refractivity contribution < 1.29 is 4.74 Å². The summed E-state index contributed by atoms with van der Waals surface area (Å²) in [6.45, 7) is 7.98. The van der Waals surface area contributed by atoms with E-state index in [9.17, 15) is 0 Å². The van der Waals surface area contributed by atoms with Gasteiger partial charge in [-0.3, -0.25) is 4.98 Å². The van der Waals surface area contributed by atoms with Crippen molar-refractivity contribution >= 4 is 5.96 Å². The largest absolute Gasteiger partial charge is 0.475 e. The van der Waals surface area contributed by atoms with Gasteiger partial charge in [-0.15, -0.1) is 0 Å². The molecule has 0 amide bonds. The summed E-state index contributed by atoms with van der Waals surface area (Å²) in [6.07, 6.45) is 3.70. The van der Waals surface area contributed by atoms with E-state index in [1.54, 1.807) is 12.4 Å². The third-order valence-corrected chi connectivity index (χ3v) is 3.08. The molecule has 0 aliphatic carbocycles. The summed E-state index contributed by atoms with van der Waals surface area (Å²) in [4.78, 5) is 13.2. The molecular formula is C18H25N5O. The maximum absolute atomic E-state index is 5.54. The molecule has 0 aromatic carbocycles. The molecule has 2 aromatic heterocycles. The molecule has 0 saturated heterocycles. The molecule has 0 aliphatic heterocycles. The van der Waals surface area contributed by atoms with Gasteiger partial charge in [-0.2, -0.15) is 0 Å². The summed E-state index contributed by atoms with van der Waals surface area (Å²) in [5.74, 6) is 1.39. The van der Waals surface area contributed by atoms with Crippen LogP contribution in [-0.4, -0.2) is 28.6 Å². The molecule has 2 aromatic rings. The Balaban J connectivity index is 1.92. The molecule has 6 nitrogen and oxygen atoms in total. The zero-order valence-corrected chi connectivity index (χ0v) is 14.5. The molecule has 24 heavy (non-hydrogen) atoms. The van der Waals surface area contributed by atoms with Gasteiger partial charge in [0, 0.05) is 25.0 Å². The number of guanidine groups is 1. The minimum absolute atomic E-state index is 0.123. The Kier molecular flexibility index (Phi) is 7.01. The van der Waals surface area contributed by atoms with Gasteiger partial charge in [-0.25, -0.2) is 9.98 Å². The highest BCUT2D eigenvalue weighted by Crippen LogP contribution is 2.10. The highest BCUT2D eigenvalue weighted by Gasteiger charge is 2.01. The number of hydrogen-bond donors (Lipinski definition) is 2. The molecule has 2 rings (SSSR count). The van der Waals surface area contributed by atoms with Gasteiger partial charge in [0.2, 0.25) is 5.88 Å². The molecular weight excluding hydrogens is 302 g/mol. The maximum Gasteiger partial charge on any atom is 0.213 e. The summed E-state index contributed by atoms with van der Waals surface area (Å²) < 4.78 is 5.54. The van der Waals surface area contributed by atoms with Gasteiger partial charge in [0.05, 0.1) is 24.9 Å². The summed E-state index contributed by atoms with van der Waals surface area (Å²) in [5.41, 5.74) is 2.00. The Morgan fingerprint density at radius 3 is 2.67 bits per heavy atom. The van der Waals surface area contributed by atoms with Crippen LogP contribution >= 0.6 is 0 Å². The van der Waals surface area contributed by atoms with Gasteiger partial charge in [-0.1, -0.05) is 12.1 Å². The fourth-order valence-corrected chi connectivity index (χ4v) is 2.00. The average molecular weight is 327 g/mol. The molecule has 0 unspecified atom stereocenters. The first-order chi connectivity index (χ1) is 11.7. The fourth-order valence-electron chi connectivity index (χ4n) is 2.00. The van der Waals surface area contributed by atoms with E-state index in [4.69, 9.17) is 4.74 Å². The van der Waals surface area contributed by atoms with Crippen molar-refractivity contribution in [1.82, 2.24) is 20.6 Å². The van der Waals surface area contributed by atoms with Crippen LogP contribution < -0.4 is 15.4 Å². The van der Waals surface area contributed by atoms with Crippen LogP contribution in [0.15, 0.2) is 47.7 Å². The lowest BCUT2D eigenvalue weighted by atomic mass is 10.3. The topological polar surface area (TPSA) is 71.4 Å². The second-order valence-electron chi connectivity index (χ2n) is 5.54. The predicted octanol–water partition coefficient (Wildman–Crippen LogP) is 2.52. The molecule has 2 N–H and O–H groups in total. The number of rotatable bonds is 7. The first kappa shape index (κ1) is 17.7. The van der Waals surface area contributed by atoms with Crippen LogP contribution in [-0.2, 0) is 13.1 Å². The van der Waals surface area contributed by atoms with E-state index in [1.165, 1.54) is 0 Å². The van der Waals surface area contributed by atoms with Crippen LogP contribution in [0.4, 0.5) is 0 Å². The lowest BCUT2D eigenvalue weighted by Crippen LogP contribution is -2.37. The molecule has 0 atom stereocenters. The van der Waals surface area contributed by atoms with E-state index in [1.807, 2.05) is 51.1 Å². The first-order valence-electron chi connectivity index (χ1n) is 8.21. The van der Waals surface area contributed by atoms with Crippen LogP contribution in [0.1, 0.15) is 32.0 Å². The summed E-state index contributed by atoms with van der Waals surface area (Å²) in [6, 6.07) is 9.71. The van der Waals surface area contributed by atoms with Gasteiger partial charge >= 0.3 is 0 Å². The Bertz CT molecular complexity index is 626. The van der Waals surface area contributed by atoms with Crippen molar-refractivity contribution in [3.05, 3.63) is 54.0 Å². The number of hydrogen-bond acceptors (Lipinski definition) is 4. The first-order valence-corrected chi connectivity index (χ1v) is 8.21. The van der Waals surface area contributed by atoms with Crippen LogP contribution in [0.5, 0.6) is 5.88 Å². The number of nitrogens with one attached hydrogen (secondary N) is 2. The molecule has 0 bridgehead atoms. The molecule has 0 spiro atoms. The summed E-state index contributed by atoms with van der Waals surface area (Å²) in [5, 5.41) is 6.50. The molecule has 0 fully saturated rings. The molecule has 0 radical (unpaired) electrons. The Hall–Kier alpha value is -2.63. The molecule has 128 valence electrons. The summed E-state index contributed by atoms with van der Waals surface area (Å²) >= 11 is 0. The Morgan fingerprint density at radius 1 is 1.17 bits per heavy atom. The Morgan fingerprint density at radius 2 is 2.04 bits per heavy atom. The zero-order chi connectivity index (χ0) is 17.2. The van der Waals surface area contributed by atoms with Crippen LogP contribution in [0.25, 0.3) is 0 Å². The van der Waals surface area contributed by atoms with Gasteiger partial charge in [0.25, 0.3) is 0 Å². The van der Waals surface area contributed by atoms with E-state index in [0.717, 1.165) is 23.8 Å². The molecule has 2 heterocycles. The van der Waals surface area contributed by atoms with Crippen molar-refractivity contribution in [2.75, 3.05) is 6.54 Å². The highest BCUT2D eigenvalue weighted by molar-refractivity contribution is 5.79. The van der Waals surface area contributed by atoms with Crippen molar-refractivity contribution in [2.24, 2.45) is 4.99 Å². The van der Waals surface area contributed by atoms with Crippen LogP contribution in [0, 0.1) is 0 Å². The lowest BCUT2D eigenvalue weighted by molar-refractivity contribution is 0.232. The van der Waals surface area contributed by atoms with Gasteiger partial charge in [0.15, 0.2) is 5.96 Å². The smallest absolute Gasteiger partial charge is 0.213 e. The highest BCUT2D eigenvalue weighted by atomic mass is 16.5. The quantitative estimate of drug-likeness (QED) is 0.604.